The normalized spacial score (nSPS) is 26.9. The van der Waals surface area contributed by atoms with Crippen LogP contribution in [-0.2, 0) is 19.2 Å². The zero-order chi connectivity index (χ0) is 41.2. The number of carbonyl (C=O) groups excluding carboxylic acids is 4. The first-order valence-corrected chi connectivity index (χ1v) is 17.2. The Hall–Kier alpha value is -5.40. The number of nitrogens with zero attached hydrogens (tertiary/aromatic N) is 5. The number of allylic oxidation sites excluding steroid dienone is 2. The molecule has 0 aromatic heterocycles. The molecule has 3 aromatic rings. The van der Waals surface area contributed by atoms with Crippen molar-refractivity contribution in [1.82, 2.24) is 0 Å². The fourth-order valence-corrected chi connectivity index (χ4v) is 9.49. The van der Waals surface area contributed by atoms with Crippen molar-refractivity contribution in [2.24, 2.45) is 17.8 Å². The number of nitro groups is 2. The van der Waals surface area contributed by atoms with E-state index in [0.717, 1.165) is 29.2 Å². The fourth-order valence-electron chi connectivity index (χ4n) is 8.38. The van der Waals surface area contributed by atoms with Gasteiger partial charge in [0.05, 0.1) is 27.4 Å². The molecule has 4 aliphatic rings. The number of halogens is 8. The van der Waals surface area contributed by atoms with Crippen LogP contribution >= 0.6 is 34.8 Å². The second kappa shape index (κ2) is 12.8. The molecular formula is C34H21Cl3F5N5O9. The highest BCUT2D eigenvalue weighted by atomic mass is 35.5. The zero-order valence-corrected chi connectivity index (χ0v) is 30.4. The number of hydrogen-bond donors (Lipinski definition) is 1. The summed E-state index contributed by atoms with van der Waals surface area (Å²) in [7, 11) is 2.59. The van der Waals surface area contributed by atoms with Crippen LogP contribution in [0, 0.1) is 67.1 Å². The van der Waals surface area contributed by atoms with Crippen LogP contribution in [0.4, 0.5) is 50.4 Å². The van der Waals surface area contributed by atoms with Gasteiger partial charge < -0.3 is 10.0 Å². The summed E-state index contributed by atoms with van der Waals surface area (Å²) >= 11 is 20.3. The minimum absolute atomic E-state index is 0.0292. The van der Waals surface area contributed by atoms with Crippen LogP contribution in [0.3, 0.4) is 0 Å². The molecule has 22 heteroatoms. The molecule has 2 saturated heterocycles. The molecule has 56 heavy (non-hydrogen) atoms. The minimum Gasteiger partial charge on any atom is -0.508 e. The van der Waals surface area contributed by atoms with Crippen molar-refractivity contribution in [3.63, 3.8) is 0 Å². The standard InChI is InChI=1S/C34H21Cl3F5N5O9/c1-43(2)27-17(46(53)54)8-12(9-18(27)47(55)56)44-29(49)14-5-4-13-16(20(14)30(44)50)10-33(36)31(51)45(28-25(41)23(39)22(38)24(40)26(28)42)32(52)34(33,37)21(13)15-7-11(35)3-6-19(15)48/h3-4,6-9,14,16,20-21,48H,5,10H2,1-2H3. The van der Waals surface area contributed by atoms with Crippen LogP contribution in [-0.4, -0.2) is 62.4 Å². The van der Waals surface area contributed by atoms with Crippen LogP contribution in [0.5, 0.6) is 5.75 Å². The topological polar surface area (TPSA) is 185 Å². The smallest absolute Gasteiger partial charge is 0.301 e. The number of imide groups is 2. The SMILES string of the molecule is CN(C)c1c([N+](=O)[O-])cc(N2C(=O)C3CC=C4C(CC5(Cl)C(=O)N(c6c(F)c(F)c(F)c(F)c6F)C(=O)C5(Cl)C4c4cc(Cl)ccc4O)C3C2=O)cc1[N+](=O)[O-]. The molecule has 6 atom stereocenters. The van der Waals surface area contributed by atoms with Crippen LogP contribution in [0.25, 0.3) is 0 Å². The zero-order valence-electron chi connectivity index (χ0n) is 28.2. The third-order valence-electron chi connectivity index (χ3n) is 10.7. The van der Waals surface area contributed by atoms with E-state index in [4.69, 9.17) is 34.8 Å². The number of anilines is 3. The molecule has 14 nitrogen and oxygen atoms in total. The Labute approximate surface area is 324 Å². The van der Waals surface area contributed by atoms with E-state index in [-0.39, 0.29) is 22.6 Å². The third kappa shape index (κ3) is 4.99. The fraction of sp³-hybridized carbons (Fsp3) is 0.294. The van der Waals surface area contributed by atoms with Crippen molar-refractivity contribution in [1.29, 1.82) is 0 Å². The molecule has 0 bridgehead atoms. The highest BCUT2D eigenvalue weighted by molar-refractivity contribution is 6.58. The molecule has 2 aliphatic heterocycles. The second-order valence-electron chi connectivity index (χ2n) is 13.6. The summed E-state index contributed by atoms with van der Waals surface area (Å²) in [6, 6.07) is 4.92. The lowest BCUT2D eigenvalue weighted by Gasteiger charge is -2.50. The van der Waals surface area contributed by atoms with Crippen molar-refractivity contribution in [3.05, 3.63) is 102 Å². The van der Waals surface area contributed by atoms with E-state index in [2.05, 4.69) is 0 Å². The molecule has 3 fully saturated rings. The van der Waals surface area contributed by atoms with Gasteiger partial charge in [0, 0.05) is 42.7 Å². The number of hydrogen-bond acceptors (Lipinski definition) is 10. The average molecular weight is 845 g/mol. The number of fused-ring (bicyclic) bond motifs is 4. The molecule has 3 aromatic carbocycles. The maximum absolute atomic E-state index is 15.3. The largest absolute Gasteiger partial charge is 0.508 e. The second-order valence-corrected chi connectivity index (χ2v) is 15.3. The van der Waals surface area contributed by atoms with E-state index >= 15 is 8.78 Å². The van der Waals surface area contributed by atoms with Gasteiger partial charge in [0.15, 0.2) is 38.7 Å². The lowest BCUT2D eigenvalue weighted by molar-refractivity contribution is -0.392. The maximum Gasteiger partial charge on any atom is 0.301 e. The molecule has 2 aliphatic carbocycles. The molecule has 7 rings (SSSR count). The molecule has 1 N–H and O–H groups in total. The van der Waals surface area contributed by atoms with Crippen molar-refractivity contribution < 1.29 is 56.1 Å². The highest BCUT2D eigenvalue weighted by Crippen LogP contribution is 2.67. The first-order valence-electron chi connectivity index (χ1n) is 16.1. The first-order chi connectivity index (χ1) is 26.1. The summed E-state index contributed by atoms with van der Waals surface area (Å²) in [6.07, 6.45) is 0.109. The number of phenolic OH excluding ortho intramolecular Hbond substituents is 1. The number of carbonyl (C=O) groups is 4. The average Bonchev–Trinajstić information content (AvgIpc) is 3.48. The van der Waals surface area contributed by atoms with E-state index in [1.54, 1.807) is 0 Å². The van der Waals surface area contributed by atoms with E-state index in [0.29, 0.717) is 4.90 Å². The monoisotopic (exact) mass is 843 g/mol. The molecular weight excluding hydrogens is 824 g/mol. The summed E-state index contributed by atoms with van der Waals surface area (Å²) < 4.78 is 73.5. The lowest BCUT2D eigenvalue weighted by atomic mass is 9.56. The van der Waals surface area contributed by atoms with Gasteiger partial charge in [0.1, 0.15) is 11.4 Å². The Morgan fingerprint density at radius 2 is 1.38 bits per heavy atom. The number of aromatic hydroxyl groups is 1. The summed E-state index contributed by atoms with van der Waals surface area (Å²) in [6.45, 7) is 0. The predicted molar refractivity (Wildman–Crippen MR) is 186 cm³/mol. The van der Waals surface area contributed by atoms with Gasteiger partial charge >= 0.3 is 11.4 Å². The van der Waals surface area contributed by atoms with Crippen molar-refractivity contribution >= 4 is 86.9 Å². The van der Waals surface area contributed by atoms with Crippen molar-refractivity contribution in [3.8, 4) is 5.75 Å². The van der Waals surface area contributed by atoms with Gasteiger partial charge in [0.2, 0.25) is 17.6 Å². The third-order valence-corrected chi connectivity index (χ3v) is 12.3. The van der Waals surface area contributed by atoms with Crippen LogP contribution < -0.4 is 14.7 Å². The maximum atomic E-state index is 15.3. The quantitative estimate of drug-likeness (QED) is 0.0426. The van der Waals surface area contributed by atoms with Gasteiger partial charge in [-0.2, -0.15) is 0 Å². The van der Waals surface area contributed by atoms with E-state index in [1.165, 1.54) is 26.2 Å². The Morgan fingerprint density at radius 1 is 0.821 bits per heavy atom. The van der Waals surface area contributed by atoms with Gasteiger partial charge in [-0.15, -0.1) is 23.2 Å². The molecule has 2 heterocycles. The number of rotatable bonds is 6. The number of benzene rings is 3. The van der Waals surface area contributed by atoms with Crippen LogP contribution in [0.1, 0.15) is 24.3 Å². The lowest BCUT2D eigenvalue weighted by Crippen LogP contribution is -2.60. The predicted octanol–water partition coefficient (Wildman–Crippen LogP) is 6.39. The van der Waals surface area contributed by atoms with Gasteiger partial charge in [0.25, 0.3) is 11.8 Å². The van der Waals surface area contributed by atoms with Crippen molar-refractivity contribution in [2.75, 3.05) is 28.8 Å². The van der Waals surface area contributed by atoms with Crippen LogP contribution in [0.2, 0.25) is 5.02 Å². The molecule has 6 unspecified atom stereocenters. The van der Waals surface area contributed by atoms with E-state index in [9.17, 15) is 57.7 Å². The Balaban J connectivity index is 1.43. The molecule has 1 saturated carbocycles. The summed E-state index contributed by atoms with van der Waals surface area (Å²) in [5, 5.41) is 35.2. The number of amides is 4. The summed E-state index contributed by atoms with van der Waals surface area (Å²) in [5.74, 6) is -25.2. The number of nitro benzene ring substituents is 2. The van der Waals surface area contributed by atoms with Gasteiger partial charge in [-0.25, -0.2) is 31.8 Å². The van der Waals surface area contributed by atoms with Crippen molar-refractivity contribution in [2.45, 2.75) is 28.5 Å². The Morgan fingerprint density at radius 3 is 1.91 bits per heavy atom. The molecule has 292 valence electrons. The van der Waals surface area contributed by atoms with E-state index < -0.39 is 141 Å². The highest BCUT2D eigenvalue weighted by Gasteiger charge is 2.77. The summed E-state index contributed by atoms with van der Waals surface area (Å²) in [5.41, 5.74) is -5.04. The molecule has 0 spiro atoms. The van der Waals surface area contributed by atoms with Gasteiger partial charge in [-0.1, -0.05) is 23.3 Å². The number of alkyl halides is 2. The Bertz CT molecular complexity index is 2370. The van der Waals surface area contributed by atoms with Gasteiger partial charge in [-0.3, -0.25) is 39.4 Å². The number of phenols is 1. The molecule has 4 amide bonds. The van der Waals surface area contributed by atoms with E-state index in [1.807, 2.05) is 0 Å². The minimum atomic E-state index is -2.95. The molecule has 0 radical (unpaired) electrons. The Kier molecular flexibility index (Phi) is 8.89. The first kappa shape index (κ1) is 38.9. The van der Waals surface area contributed by atoms with Crippen LogP contribution in [0.15, 0.2) is 42.0 Å². The van der Waals surface area contributed by atoms with Gasteiger partial charge in [-0.05, 0) is 37.0 Å². The summed E-state index contributed by atoms with van der Waals surface area (Å²) in [4.78, 5) is 74.8.